The first kappa shape index (κ1) is 31.1. The molecule has 1 atom stereocenters. The lowest BCUT2D eigenvalue weighted by atomic mass is 9.67. The molecule has 7 aromatic rings. The second-order valence-electron chi connectivity index (χ2n) is 12.7. The molecule has 240 valence electrons. The van der Waals surface area contributed by atoms with Gasteiger partial charge in [-0.3, -0.25) is 5.32 Å². The summed E-state index contributed by atoms with van der Waals surface area (Å²) in [7, 11) is 0. The third-order valence-corrected chi connectivity index (χ3v) is 9.79. The number of aliphatic imine (C=N–C) groups is 2. The quantitative estimate of drug-likeness (QED) is 0.123. The summed E-state index contributed by atoms with van der Waals surface area (Å²) in [5, 5.41) is 3.61. The van der Waals surface area contributed by atoms with Crippen LogP contribution in [0.5, 0.6) is 0 Å². The van der Waals surface area contributed by atoms with Gasteiger partial charge >= 0.3 is 0 Å². The summed E-state index contributed by atoms with van der Waals surface area (Å²) in [6, 6.07) is 66.8. The van der Waals surface area contributed by atoms with E-state index in [4.69, 9.17) is 4.99 Å². The minimum atomic E-state index is -0.434. The van der Waals surface area contributed by atoms with E-state index < -0.39 is 5.41 Å². The smallest absolute Gasteiger partial charge is 0.155 e. The molecule has 7 aromatic carbocycles. The van der Waals surface area contributed by atoms with Crippen LogP contribution in [0, 0.1) is 0 Å². The average molecular weight is 644 g/mol. The first-order valence-electron chi connectivity index (χ1n) is 17.1. The molecule has 50 heavy (non-hydrogen) atoms. The fraction of sp³-hybridized carbons (Fsp3) is 0.0638. The summed E-state index contributed by atoms with van der Waals surface area (Å²) in [4.78, 5) is 9.48. The van der Waals surface area contributed by atoms with Crippen LogP contribution in [-0.4, -0.2) is 12.6 Å². The van der Waals surface area contributed by atoms with E-state index in [0.29, 0.717) is 12.4 Å². The number of fused-ring (bicyclic) bond motifs is 3. The van der Waals surface area contributed by atoms with E-state index in [9.17, 15) is 0 Å². The number of amidine groups is 1. The van der Waals surface area contributed by atoms with Crippen molar-refractivity contribution in [2.24, 2.45) is 9.98 Å². The summed E-state index contributed by atoms with van der Waals surface area (Å²) in [5.41, 5.74) is 12.7. The predicted octanol–water partition coefficient (Wildman–Crippen LogP) is 10.7. The highest BCUT2D eigenvalue weighted by Gasteiger charge is 2.46. The molecule has 1 unspecified atom stereocenters. The van der Waals surface area contributed by atoms with Crippen LogP contribution >= 0.6 is 0 Å². The van der Waals surface area contributed by atoms with E-state index in [0.717, 1.165) is 22.3 Å². The maximum absolute atomic E-state index is 5.09. The van der Waals surface area contributed by atoms with Crippen LogP contribution < -0.4 is 5.32 Å². The van der Waals surface area contributed by atoms with Gasteiger partial charge in [0.2, 0.25) is 0 Å². The molecule has 1 aliphatic rings. The zero-order valence-electron chi connectivity index (χ0n) is 27.8. The lowest BCUT2D eigenvalue weighted by Crippen LogP contribution is -2.28. The Hall–Kier alpha value is -6.16. The second-order valence-corrected chi connectivity index (χ2v) is 12.7. The van der Waals surface area contributed by atoms with Gasteiger partial charge in [0.25, 0.3) is 0 Å². The SMILES string of the molecule is C=N/C(=N\C(NCc1ccccc1)c1ccccc1)c1ccc(-c2ccc3c(c2)C(c2ccccc2)(c2ccccc2)c2ccccc2-3)cc1. The van der Waals surface area contributed by atoms with Crippen molar-refractivity contribution in [1.82, 2.24) is 5.32 Å². The Bertz CT molecular complexity index is 2220. The summed E-state index contributed by atoms with van der Waals surface area (Å²) in [6.07, 6.45) is -0.279. The summed E-state index contributed by atoms with van der Waals surface area (Å²) >= 11 is 0. The van der Waals surface area contributed by atoms with Crippen molar-refractivity contribution in [3.8, 4) is 22.3 Å². The van der Waals surface area contributed by atoms with E-state index in [1.807, 2.05) is 24.3 Å². The van der Waals surface area contributed by atoms with Crippen LogP contribution in [0.15, 0.2) is 198 Å². The molecule has 0 spiro atoms. The van der Waals surface area contributed by atoms with Crippen molar-refractivity contribution in [3.63, 3.8) is 0 Å². The van der Waals surface area contributed by atoms with Gasteiger partial charge in [0.05, 0.1) is 5.41 Å². The van der Waals surface area contributed by atoms with Crippen molar-refractivity contribution in [2.45, 2.75) is 18.1 Å². The molecular weight excluding hydrogens is 607 g/mol. The largest absolute Gasteiger partial charge is 0.288 e. The highest BCUT2D eigenvalue weighted by Crippen LogP contribution is 2.56. The molecule has 8 rings (SSSR count). The number of nitrogens with one attached hydrogen (secondary N) is 1. The first-order valence-corrected chi connectivity index (χ1v) is 17.1. The van der Waals surface area contributed by atoms with Gasteiger partial charge in [-0.05, 0) is 68.4 Å². The highest BCUT2D eigenvalue weighted by atomic mass is 15.1. The van der Waals surface area contributed by atoms with Crippen LogP contribution in [0.1, 0.15) is 45.1 Å². The van der Waals surface area contributed by atoms with Crippen LogP contribution in [0.3, 0.4) is 0 Å². The van der Waals surface area contributed by atoms with Gasteiger partial charge in [-0.25, -0.2) is 9.98 Å². The van der Waals surface area contributed by atoms with Gasteiger partial charge in [-0.1, -0.05) is 182 Å². The number of nitrogens with zero attached hydrogens (tertiary/aromatic N) is 2. The lowest BCUT2D eigenvalue weighted by Gasteiger charge is -2.34. The molecular formula is C47H37N3. The molecule has 3 nitrogen and oxygen atoms in total. The van der Waals surface area contributed by atoms with Crippen molar-refractivity contribution in [2.75, 3.05) is 0 Å². The minimum absolute atomic E-state index is 0.279. The van der Waals surface area contributed by atoms with Crippen LogP contribution in [0.4, 0.5) is 0 Å². The Labute approximate surface area is 294 Å². The molecule has 0 fully saturated rings. The van der Waals surface area contributed by atoms with Crippen LogP contribution in [0.2, 0.25) is 0 Å². The van der Waals surface area contributed by atoms with Crippen molar-refractivity contribution < 1.29 is 0 Å². The number of benzene rings is 7. The molecule has 1 N–H and O–H groups in total. The normalized spacial score (nSPS) is 13.6. The van der Waals surface area contributed by atoms with Gasteiger partial charge in [-0.15, -0.1) is 0 Å². The van der Waals surface area contributed by atoms with Crippen molar-refractivity contribution in [3.05, 3.63) is 227 Å². The van der Waals surface area contributed by atoms with E-state index in [1.54, 1.807) is 0 Å². The van der Waals surface area contributed by atoms with Crippen LogP contribution in [-0.2, 0) is 12.0 Å². The Balaban J connectivity index is 1.18. The maximum Gasteiger partial charge on any atom is 0.155 e. The van der Waals surface area contributed by atoms with Gasteiger partial charge in [-0.2, -0.15) is 0 Å². The lowest BCUT2D eigenvalue weighted by molar-refractivity contribution is 0.554. The highest BCUT2D eigenvalue weighted by molar-refractivity contribution is 6.02. The molecule has 3 heteroatoms. The van der Waals surface area contributed by atoms with Crippen molar-refractivity contribution in [1.29, 1.82) is 0 Å². The van der Waals surface area contributed by atoms with Gasteiger partial charge in [0, 0.05) is 12.1 Å². The number of rotatable bonds is 9. The predicted molar refractivity (Wildman–Crippen MR) is 208 cm³/mol. The monoisotopic (exact) mass is 643 g/mol. The molecule has 1 aliphatic carbocycles. The molecule has 0 saturated heterocycles. The summed E-state index contributed by atoms with van der Waals surface area (Å²) < 4.78 is 0. The minimum Gasteiger partial charge on any atom is -0.288 e. The van der Waals surface area contributed by atoms with Gasteiger partial charge in [0.15, 0.2) is 5.84 Å². The first-order chi connectivity index (χ1) is 24.8. The Kier molecular flexibility index (Phi) is 8.56. The Morgan fingerprint density at radius 2 is 1.08 bits per heavy atom. The van der Waals surface area contributed by atoms with Gasteiger partial charge in [0.1, 0.15) is 6.17 Å². The van der Waals surface area contributed by atoms with E-state index in [1.165, 1.54) is 38.9 Å². The zero-order chi connectivity index (χ0) is 33.8. The molecule has 0 heterocycles. The van der Waals surface area contributed by atoms with E-state index >= 15 is 0 Å². The third kappa shape index (κ3) is 5.68. The standard InChI is InChI=1S/C47H37N3/c1-48-45(50-46(36-18-8-3-9-19-36)49-33-34-16-6-2-7-17-34)37-28-26-35(27-29-37)38-30-31-42-41-24-14-15-25-43(41)47(44(42)32-38,39-20-10-4-11-21-39)40-22-12-5-13-23-40/h2-32,46,49H,1,33H2/b50-45-. The third-order valence-electron chi connectivity index (χ3n) is 9.79. The fourth-order valence-corrected chi connectivity index (χ4v) is 7.45. The van der Waals surface area contributed by atoms with E-state index in [-0.39, 0.29) is 6.17 Å². The Morgan fingerprint density at radius 3 is 1.72 bits per heavy atom. The molecule has 0 bridgehead atoms. The van der Waals surface area contributed by atoms with Gasteiger partial charge < -0.3 is 0 Å². The molecule has 0 aliphatic heterocycles. The average Bonchev–Trinajstić information content (AvgIpc) is 3.50. The number of hydrogen-bond donors (Lipinski definition) is 1. The molecule has 0 amide bonds. The maximum atomic E-state index is 5.09. The molecule has 0 radical (unpaired) electrons. The summed E-state index contributed by atoms with van der Waals surface area (Å²) in [5.74, 6) is 0.600. The summed E-state index contributed by atoms with van der Waals surface area (Å²) in [6.45, 7) is 4.59. The second kappa shape index (κ2) is 13.8. The fourth-order valence-electron chi connectivity index (χ4n) is 7.45. The zero-order valence-corrected chi connectivity index (χ0v) is 27.8. The van der Waals surface area contributed by atoms with Crippen LogP contribution in [0.25, 0.3) is 22.3 Å². The van der Waals surface area contributed by atoms with E-state index in [2.05, 4.69) is 181 Å². The molecule has 0 aromatic heterocycles. The van der Waals surface area contributed by atoms with Crippen molar-refractivity contribution >= 4 is 12.6 Å². The topological polar surface area (TPSA) is 36.8 Å². The number of hydrogen-bond acceptors (Lipinski definition) is 2. The Morgan fingerprint density at radius 1 is 0.540 bits per heavy atom. The molecule has 0 saturated carbocycles.